The number of hydrogen-bond acceptors (Lipinski definition) is 6. The van der Waals surface area contributed by atoms with Crippen LogP contribution in [0.1, 0.15) is 18.7 Å². The molecule has 0 aliphatic heterocycles. The summed E-state index contributed by atoms with van der Waals surface area (Å²) in [5.74, 6) is 1.49. The fourth-order valence-corrected chi connectivity index (χ4v) is 1.69. The molecule has 1 amide bonds. The summed E-state index contributed by atoms with van der Waals surface area (Å²) in [6.45, 7) is 0.541. The second-order valence-electron chi connectivity index (χ2n) is 4.70. The standard InChI is InChI=1S/C12H19N5O2/c1-17(6-12(18)14-8-3-4-8)11-5-9(13)15-10(16-11)7-19-2/h5,8H,3-4,6-7H2,1-2H3,(H,14,18)(H2,13,15,16). The third-order valence-corrected chi connectivity index (χ3v) is 2.77. The zero-order valence-electron chi connectivity index (χ0n) is 11.2. The SMILES string of the molecule is COCc1nc(N)cc(N(C)CC(=O)NC2CC2)n1. The second-order valence-corrected chi connectivity index (χ2v) is 4.70. The Kier molecular flexibility index (Phi) is 4.16. The molecule has 2 rings (SSSR count). The van der Waals surface area contributed by atoms with Gasteiger partial charge in [-0.2, -0.15) is 0 Å². The molecule has 1 aromatic heterocycles. The molecule has 104 valence electrons. The molecule has 1 saturated carbocycles. The largest absolute Gasteiger partial charge is 0.384 e. The van der Waals surface area contributed by atoms with Crippen molar-refractivity contribution in [1.29, 1.82) is 0 Å². The first-order chi connectivity index (χ1) is 9.08. The Labute approximate surface area is 112 Å². The highest BCUT2D eigenvalue weighted by atomic mass is 16.5. The van der Waals surface area contributed by atoms with Gasteiger partial charge in [-0.1, -0.05) is 0 Å². The smallest absolute Gasteiger partial charge is 0.239 e. The van der Waals surface area contributed by atoms with E-state index in [9.17, 15) is 4.79 Å². The van der Waals surface area contributed by atoms with E-state index in [0.717, 1.165) is 12.8 Å². The Morgan fingerprint density at radius 2 is 2.32 bits per heavy atom. The Balaban J connectivity index is 2.00. The second kappa shape index (κ2) is 5.83. The van der Waals surface area contributed by atoms with Crippen LogP contribution in [0.15, 0.2) is 6.07 Å². The fraction of sp³-hybridized carbons (Fsp3) is 0.583. The molecule has 0 unspecified atom stereocenters. The Hall–Kier alpha value is -1.89. The van der Waals surface area contributed by atoms with Gasteiger partial charge in [-0.3, -0.25) is 4.79 Å². The van der Waals surface area contributed by atoms with Gasteiger partial charge in [0.2, 0.25) is 5.91 Å². The van der Waals surface area contributed by atoms with E-state index >= 15 is 0 Å². The number of nitrogen functional groups attached to an aromatic ring is 1. The van der Waals surface area contributed by atoms with Crippen LogP contribution < -0.4 is 16.0 Å². The van der Waals surface area contributed by atoms with Crippen molar-refractivity contribution in [3.8, 4) is 0 Å². The van der Waals surface area contributed by atoms with Crippen LogP contribution in [0.4, 0.5) is 11.6 Å². The number of nitrogens with zero attached hydrogens (tertiary/aromatic N) is 3. The summed E-state index contributed by atoms with van der Waals surface area (Å²) in [5.41, 5.74) is 5.72. The highest BCUT2D eigenvalue weighted by Crippen LogP contribution is 2.18. The first-order valence-electron chi connectivity index (χ1n) is 6.21. The third-order valence-electron chi connectivity index (χ3n) is 2.77. The average Bonchev–Trinajstić information content (AvgIpc) is 3.12. The van der Waals surface area contributed by atoms with Crippen LogP contribution in [0.25, 0.3) is 0 Å². The van der Waals surface area contributed by atoms with E-state index < -0.39 is 0 Å². The van der Waals surface area contributed by atoms with Crippen molar-refractivity contribution in [1.82, 2.24) is 15.3 Å². The number of nitrogens with one attached hydrogen (secondary N) is 1. The number of carbonyl (C=O) groups is 1. The summed E-state index contributed by atoms with van der Waals surface area (Å²) < 4.78 is 4.98. The van der Waals surface area contributed by atoms with Gasteiger partial charge in [0.1, 0.15) is 18.2 Å². The predicted octanol–water partition coefficient (Wildman–Crippen LogP) is -0.0800. The molecule has 0 atom stereocenters. The number of likely N-dealkylation sites (N-methyl/N-ethyl adjacent to an activating group) is 1. The molecule has 1 aliphatic carbocycles. The van der Waals surface area contributed by atoms with E-state index in [2.05, 4.69) is 15.3 Å². The minimum atomic E-state index is -0.00419. The zero-order valence-corrected chi connectivity index (χ0v) is 11.2. The summed E-state index contributed by atoms with van der Waals surface area (Å²) >= 11 is 0. The minimum Gasteiger partial charge on any atom is -0.384 e. The van der Waals surface area contributed by atoms with Gasteiger partial charge in [0, 0.05) is 26.3 Å². The van der Waals surface area contributed by atoms with E-state index in [1.807, 2.05) is 0 Å². The Bertz CT molecular complexity index is 461. The molecular formula is C12H19N5O2. The van der Waals surface area contributed by atoms with Crippen LogP contribution in [0.3, 0.4) is 0 Å². The fourth-order valence-electron chi connectivity index (χ4n) is 1.69. The molecule has 7 nitrogen and oxygen atoms in total. The zero-order chi connectivity index (χ0) is 13.8. The molecule has 1 aliphatic rings. The maximum absolute atomic E-state index is 11.7. The van der Waals surface area contributed by atoms with Gasteiger partial charge >= 0.3 is 0 Å². The lowest BCUT2D eigenvalue weighted by molar-refractivity contribution is -0.119. The molecule has 3 N–H and O–H groups in total. The lowest BCUT2D eigenvalue weighted by atomic mass is 10.4. The number of carbonyl (C=O) groups excluding carboxylic acids is 1. The molecule has 0 bridgehead atoms. The summed E-state index contributed by atoms with van der Waals surface area (Å²) in [6.07, 6.45) is 2.15. The molecule has 7 heteroatoms. The molecule has 0 radical (unpaired) electrons. The topological polar surface area (TPSA) is 93.4 Å². The molecule has 0 aromatic carbocycles. The monoisotopic (exact) mass is 265 g/mol. The van der Waals surface area contributed by atoms with E-state index in [1.54, 1.807) is 25.1 Å². The third kappa shape index (κ3) is 4.06. The molecule has 19 heavy (non-hydrogen) atoms. The van der Waals surface area contributed by atoms with Gasteiger partial charge in [0.15, 0.2) is 5.82 Å². The molecule has 1 aromatic rings. The van der Waals surface area contributed by atoms with Crippen LogP contribution in [-0.4, -0.2) is 42.6 Å². The van der Waals surface area contributed by atoms with Crippen molar-refractivity contribution in [2.75, 3.05) is 31.3 Å². The summed E-state index contributed by atoms with van der Waals surface area (Å²) in [6, 6.07) is 2.00. The number of nitrogens with two attached hydrogens (primary N) is 1. The number of ether oxygens (including phenoxy) is 1. The van der Waals surface area contributed by atoms with Crippen LogP contribution in [0, 0.1) is 0 Å². The van der Waals surface area contributed by atoms with Crippen molar-refractivity contribution in [2.45, 2.75) is 25.5 Å². The average molecular weight is 265 g/mol. The van der Waals surface area contributed by atoms with Crippen molar-refractivity contribution in [3.05, 3.63) is 11.9 Å². The maximum Gasteiger partial charge on any atom is 0.239 e. The first kappa shape index (κ1) is 13.5. The van der Waals surface area contributed by atoms with Gasteiger partial charge in [-0.25, -0.2) is 9.97 Å². The quantitative estimate of drug-likeness (QED) is 0.747. The number of rotatable bonds is 6. The first-order valence-corrected chi connectivity index (χ1v) is 6.21. The number of methoxy groups -OCH3 is 1. The lowest BCUT2D eigenvalue weighted by Crippen LogP contribution is -2.36. The maximum atomic E-state index is 11.7. The lowest BCUT2D eigenvalue weighted by Gasteiger charge is -2.18. The van der Waals surface area contributed by atoms with Crippen molar-refractivity contribution in [2.24, 2.45) is 0 Å². The van der Waals surface area contributed by atoms with Gasteiger partial charge in [0.25, 0.3) is 0 Å². The Morgan fingerprint density at radius 1 is 1.58 bits per heavy atom. The van der Waals surface area contributed by atoms with E-state index in [4.69, 9.17) is 10.5 Å². The molecule has 1 fully saturated rings. The molecule has 1 heterocycles. The number of amides is 1. The highest BCUT2D eigenvalue weighted by molar-refractivity contribution is 5.81. The highest BCUT2D eigenvalue weighted by Gasteiger charge is 2.23. The normalized spacial score (nSPS) is 14.2. The summed E-state index contributed by atoms with van der Waals surface area (Å²) in [7, 11) is 3.36. The summed E-state index contributed by atoms with van der Waals surface area (Å²) in [4.78, 5) is 21.8. The number of aromatic nitrogens is 2. The van der Waals surface area contributed by atoms with Crippen LogP contribution in [0.5, 0.6) is 0 Å². The molecular weight excluding hydrogens is 246 g/mol. The van der Waals surface area contributed by atoms with Gasteiger partial charge in [-0.15, -0.1) is 0 Å². The summed E-state index contributed by atoms with van der Waals surface area (Å²) in [5, 5.41) is 2.93. The van der Waals surface area contributed by atoms with Gasteiger partial charge < -0.3 is 20.7 Å². The number of hydrogen-bond donors (Lipinski definition) is 2. The predicted molar refractivity (Wildman–Crippen MR) is 71.6 cm³/mol. The van der Waals surface area contributed by atoms with Crippen LogP contribution in [-0.2, 0) is 16.1 Å². The van der Waals surface area contributed by atoms with Crippen LogP contribution >= 0.6 is 0 Å². The van der Waals surface area contributed by atoms with E-state index in [1.165, 1.54) is 0 Å². The van der Waals surface area contributed by atoms with Gasteiger partial charge in [0.05, 0.1) is 6.54 Å². The Morgan fingerprint density at radius 3 is 2.95 bits per heavy atom. The van der Waals surface area contributed by atoms with E-state index in [0.29, 0.717) is 30.1 Å². The molecule has 0 spiro atoms. The van der Waals surface area contributed by atoms with Gasteiger partial charge in [-0.05, 0) is 12.8 Å². The molecule has 0 saturated heterocycles. The number of anilines is 2. The minimum absolute atomic E-state index is 0.00419. The van der Waals surface area contributed by atoms with Crippen molar-refractivity contribution >= 4 is 17.5 Å². The van der Waals surface area contributed by atoms with Crippen LogP contribution in [0.2, 0.25) is 0 Å². The van der Waals surface area contributed by atoms with Crippen molar-refractivity contribution in [3.63, 3.8) is 0 Å². The van der Waals surface area contributed by atoms with E-state index in [-0.39, 0.29) is 12.5 Å². The van der Waals surface area contributed by atoms with Crippen molar-refractivity contribution < 1.29 is 9.53 Å².